The number of benzene rings is 1. The molecule has 128 valence electrons. The summed E-state index contributed by atoms with van der Waals surface area (Å²) in [5.74, 6) is 0.0260. The molecule has 0 saturated heterocycles. The summed E-state index contributed by atoms with van der Waals surface area (Å²) in [7, 11) is 1.82. The molecule has 0 spiro atoms. The number of amides is 1. The first-order chi connectivity index (χ1) is 12.1. The van der Waals surface area contributed by atoms with Gasteiger partial charge in [-0.25, -0.2) is 0 Å². The number of hydrogen-bond acceptors (Lipinski definition) is 2. The number of carbonyl (C=O) groups is 1. The van der Waals surface area contributed by atoms with Crippen molar-refractivity contribution in [1.82, 2.24) is 14.5 Å². The number of pyridine rings is 1. The van der Waals surface area contributed by atoms with Crippen LogP contribution < -0.4 is 0 Å². The molecule has 0 aliphatic heterocycles. The van der Waals surface area contributed by atoms with Gasteiger partial charge in [0.15, 0.2) is 0 Å². The van der Waals surface area contributed by atoms with E-state index in [1.54, 1.807) is 11.1 Å². The summed E-state index contributed by atoms with van der Waals surface area (Å²) in [4.78, 5) is 18.9. The smallest absolute Gasteiger partial charge is 0.255 e. The van der Waals surface area contributed by atoms with Gasteiger partial charge in [-0.2, -0.15) is 0 Å². The molecule has 0 bridgehead atoms. The Bertz CT molecular complexity index is 854. The van der Waals surface area contributed by atoms with Crippen LogP contribution in [0, 0.1) is 13.8 Å². The maximum Gasteiger partial charge on any atom is 0.255 e. The van der Waals surface area contributed by atoms with Gasteiger partial charge in [0.05, 0.1) is 17.8 Å². The summed E-state index contributed by atoms with van der Waals surface area (Å²) in [6, 6.07) is 18.0. The molecule has 2 heterocycles. The molecular weight excluding hydrogens is 310 g/mol. The number of nitrogens with zero attached hydrogens (tertiary/aromatic N) is 3. The summed E-state index contributed by atoms with van der Waals surface area (Å²) in [5.41, 5.74) is 4.96. The Morgan fingerprint density at radius 2 is 1.80 bits per heavy atom. The molecule has 0 N–H and O–H groups in total. The molecule has 1 aromatic carbocycles. The third kappa shape index (κ3) is 3.79. The summed E-state index contributed by atoms with van der Waals surface area (Å²) in [6.07, 6.45) is 1.75. The fourth-order valence-corrected chi connectivity index (χ4v) is 3.04. The predicted octanol–water partition coefficient (Wildman–Crippen LogP) is 3.82. The van der Waals surface area contributed by atoms with E-state index in [2.05, 4.69) is 21.7 Å². The van der Waals surface area contributed by atoms with Crippen molar-refractivity contribution in [3.63, 3.8) is 0 Å². The molecule has 0 radical (unpaired) electrons. The van der Waals surface area contributed by atoms with Crippen molar-refractivity contribution >= 4 is 5.91 Å². The second-order valence-corrected chi connectivity index (χ2v) is 6.34. The molecule has 0 fully saturated rings. The molecule has 0 saturated carbocycles. The van der Waals surface area contributed by atoms with Crippen molar-refractivity contribution < 1.29 is 4.79 Å². The fraction of sp³-hybridized carbons (Fsp3) is 0.238. The Morgan fingerprint density at radius 1 is 1.08 bits per heavy atom. The van der Waals surface area contributed by atoms with Gasteiger partial charge < -0.3 is 9.47 Å². The van der Waals surface area contributed by atoms with Gasteiger partial charge in [-0.1, -0.05) is 36.4 Å². The lowest BCUT2D eigenvalue weighted by Gasteiger charge is -2.17. The van der Waals surface area contributed by atoms with Crippen LogP contribution in [-0.4, -0.2) is 27.4 Å². The Hall–Kier alpha value is -2.88. The average molecular weight is 333 g/mol. The molecule has 2 aromatic heterocycles. The van der Waals surface area contributed by atoms with E-state index in [4.69, 9.17) is 0 Å². The van der Waals surface area contributed by atoms with Gasteiger partial charge in [0.1, 0.15) is 0 Å². The van der Waals surface area contributed by atoms with Crippen molar-refractivity contribution in [3.05, 3.63) is 89.0 Å². The first kappa shape index (κ1) is 17.0. The number of aryl methyl sites for hydroxylation is 1. The first-order valence-electron chi connectivity index (χ1n) is 8.42. The summed E-state index contributed by atoms with van der Waals surface area (Å²) in [6.45, 7) is 5.33. The van der Waals surface area contributed by atoms with Crippen molar-refractivity contribution in [2.75, 3.05) is 7.05 Å². The molecule has 3 rings (SSSR count). The highest BCUT2D eigenvalue weighted by Gasteiger charge is 2.19. The van der Waals surface area contributed by atoms with Crippen LogP contribution in [0.4, 0.5) is 0 Å². The highest BCUT2D eigenvalue weighted by Crippen LogP contribution is 2.19. The van der Waals surface area contributed by atoms with E-state index in [1.807, 2.05) is 63.4 Å². The number of aromatic nitrogens is 2. The zero-order chi connectivity index (χ0) is 17.8. The minimum absolute atomic E-state index is 0.0260. The fourth-order valence-electron chi connectivity index (χ4n) is 3.04. The van der Waals surface area contributed by atoms with E-state index in [9.17, 15) is 4.79 Å². The maximum atomic E-state index is 12.9. The van der Waals surface area contributed by atoms with E-state index in [1.165, 1.54) is 5.56 Å². The van der Waals surface area contributed by atoms with Crippen LogP contribution in [0.1, 0.15) is 33.0 Å². The van der Waals surface area contributed by atoms with Crippen molar-refractivity contribution in [1.29, 1.82) is 0 Å². The minimum Gasteiger partial charge on any atom is -0.344 e. The van der Waals surface area contributed by atoms with Crippen molar-refractivity contribution in [3.8, 4) is 0 Å². The first-order valence-corrected chi connectivity index (χ1v) is 8.42. The van der Waals surface area contributed by atoms with Gasteiger partial charge in [-0.3, -0.25) is 9.78 Å². The monoisotopic (exact) mass is 333 g/mol. The van der Waals surface area contributed by atoms with Gasteiger partial charge in [0.2, 0.25) is 0 Å². The van der Waals surface area contributed by atoms with E-state index in [-0.39, 0.29) is 5.91 Å². The number of carbonyl (C=O) groups excluding carboxylic acids is 1. The van der Waals surface area contributed by atoms with E-state index >= 15 is 0 Å². The zero-order valence-corrected chi connectivity index (χ0v) is 14.9. The summed E-state index contributed by atoms with van der Waals surface area (Å²) in [5, 5.41) is 0. The number of hydrogen-bond donors (Lipinski definition) is 0. The van der Waals surface area contributed by atoms with Crippen LogP contribution in [-0.2, 0) is 13.1 Å². The average Bonchev–Trinajstić information content (AvgIpc) is 2.91. The molecule has 25 heavy (non-hydrogen) atoms. The lowest BCUT2D eigenvalue weighted by atomic mass is 10.2. The van der Waals surface area contributed by atoms with Gasteiger partial charge in [-0.05, 0) is 37.6 Å². The molecule has 4 heteroatoms. The highest BCUT2D eigenvalue weighted by atomic mass is 16.2. The molecule has 3 aromatic rings. The minimum atomic E-state index is 0.0260. The third-order valence-electron chi connectivity index (χ3n) is 4.46. The molecule has 0 unspecified atom stereocenters. The topological polar surface area (TPSA) is 38.1 Å². The van der Waals surface area contributed by atoms with Crippen LogP contribution >= 0.6 is 0 Å². The lowest BCUT2D eigenvalue weighted by Crippen LogP contribution is -2.27. The van der Waals surface area contributed by atoms with Crippen LogP contribution in [0.2, 0.25) is 0 Å². The third-order valence-corrected chi connectivity index (χ3v) is 4.46. The lowest BCUT2D eigenvalue weighted by molar-refractivity contribution is 0.0782. The number of rotatable bonds is 5. The molecule has 0 atom stereocenters. The highest BCUT2D eigenvalue weighted by molar-refractivity contribution is 5.95. The van der Waals surface area contributed by atoms with E-state index < -0.39 is 0 Å². The predicted molar refractivity (Wildman–Crippen MR) is 99.5 cm³/mol. The Labute approximate surface area is 148 Å². The Balaban J connectivity index is 1.80. The van der Waals surface area contributed by atoms with Gasteiger partial charge in [0, 0.05) is 31.2 Å². The molecule has 1 amide bonds. The second kappa shape index (κ2) is 7.34. The molecule has 0 aliphatic rings. The van der Waals surface area contributed by atoms with Crippen LogP contribution in [0.5, 0.6) is 0 Å². The van der Waals surface area contributed by atoms with Gasteiger partial charge in [0.25, 0.3) is 5.91 Å². The van der Waals surface area contributed by atoms with Gasteiger partial charge in [-0.15, -0.1) is 0 Å². The summed E-state index contributed by atoms with van der Waals surface area (Å²) < 4.78 is 2.19. The quantitative estimate of drug-likeness (QED) is 0.712. The van der Waals surface area contributed by atoms with Crippen molar-refractivity contribution in [2.45, 2.75) is 26.9 Å². The molecular formula is C21H23N3O. The van der Waals surface area contributed by atoms with E-state index in [0.717, 1.165) is 29.2 Å². The van der Waals surface area contributed by atoms with Crippen LogP contribution in [0.15, 0.2) is 60.8 Å². The standard InChI is InChI=1S/C21H23N3O/c1-16-13-20(17(2)24(16)14-18-9-5-4-6-10-18)21(25)23(3)15-19-11-7-8-12-22-19/h4-13H,14-15H2,1-3H3. The van der Waals surface area contributed by atoms with E-state index in [0.29, 0.717) is 6.54 Å². The normalized spacial score (nSPS) is 10.7. The SMILES string of the molecule is Cc1cc(C(=O)N(C)Cc2ccccn2)c(C)n1Cc1ccccc1. The zero-order valence-electron chi connectivity index (χ0n) is 14.9. The van der Waals surface area contributed by atoms with Crippen LogP contribution in [0.3, 0.4) is 0 Å². The molecule has 4 nitrogen and oxygen atoms in total. The van der Waals surface area contributed by atoms with Crippen LogP contribution in [0.25, 0.3) is 0 Å². The second-order valence-electron chi connectivity index (χ2n) is 6.34. The van der Waals surface area contributed by atoms with Crippen molar-refractivity contribution in [2.24, 2.45) is 0 Å². The Kier molecular flexibility index (Phi) is 4.98. The maximum absolute atomic E-state index is 12.9. The summed E-state index contributed by atoms with van der Waals surface area (Å²) >= 11 is 0. The van der Waals surface area contributed by atoms with Gasteiger partial charge >= 0.3 is 0 Å². The molecule has 0 aliphatic carbocycles. The Morgan fingerprint density at radius 3 is 2.48 bits per heavy atom. The largest absolute Gasteiger partial charge is 0.344 e.